The first-order chi connectivity index (χ1) is 15.4. The fourth-order valence-electron chi connectivity index (χ4n) is 3.61. The molecule has 1 fully saturated rings. The second-order valence-electron chi connectivity index (χ2n) is 7.85. The average molecular weight is 452 g/mol. The van der Waals surface area contributed by atoms with Crippen LogP contribution < -0.4 is 4.90 Å². The number of benzene rings is 2. The minimum atomic E-state index is -3.65. The molecule has 1 saturated heterocycles. The van der Waals surface area contributed by atoms with Crippen molar-refractivity contribution in [3.63, 3.8) is 0 Å². The summed E-state index contributed by atoms with van der Waals surface area (Å²) in [5.74, 6) is 0.770. The van der Waals surface area contributed by atoms with Crippen LogP contribution in [0.2, 0.25) is 0 Å². The molecular weight excluding hydrogens is 426 g/mol. The molecule has 0 atom stereocenters. The van der Waals surface area contributed by atoms with Crippen LogP contribution >= 0.6 is 0 Å². The monoisotopic (exact) mass is 451 g/mol. The molecule has 4 rings (SSSR count). The van der Waals surface area contributed by atoms with Gasteiger partial charge >= 0.3 is 0 Å². The second-order valence-corrected chi connectivity index (χ2v) is 9.89. The van der Waals surface area contributed by atoms with Gasteiger partial charge in [-0.25, -0.2) is 8.42 Å². The van der Waals surface area contributed by atoms with Gasteiger partial charge in [0.1, 0.15) is 6.07 Å². The predicted octanol–water partition coefficient (Wildman–Crippen LogP) is 2.79. The number of rotatable bonds is 6. The smallest absolute Gasteiger partial charge is 0.243 e. The van der Waals surface area contributed by atoms with Crippen molar-refractivity contribution in [3.05, 3.63) is 65.9 Å². The van der Waals surface area contributed by atoms with Crippen molar-refractivity contribution in [2.75, 3.05) is 45.2 Å². The Morgan fingerprint density at radius 2 is 1.72 bits per heavy atom. The molecule has 2 heterocycles. The van der Waals surface area contributed by atoms with Crippen LogP contribution in [-0.2, 0) is 16.6 Å². The van der Waals surface area contributed by atoms with Crippen molar-refractivity contribution in [3.8, 4) is 17.5 Å². The zero-order valence-corrected chi connectivity index (χ0v) is 18.9. The number of piperazine rings is 1. The molecule has 9 heteroatoms. The molecule has 166 valence electrons. The molecule has 1 aliphatic rings. The summed E-state index contributed by atoms with van der Waals surface area (Å²) in [6.07, 6.45) is 0. The summed E-state index contributed by atoms with van der Waals surface area (Å²) in [5, 5.41) is 9.50. The highest BCUT2D eigenvalue weighted by Crippen LogP contribution is 2.29. The SMILES string of the molecule is CN1CCN(c2oc(-c3ccc(S(=O)(=O)N(C)Cc4ccccc4)cc3)nc2C#N)CC1. The van der Waals surface area contributed by atoms with E-state index in [9.17, 15) is 13.7 Å². The third-order valence-electron chi connectivity index (χ3n) is 5.56. The quantitative estimate of drug-likeness (QED) is 0.569. The lowest BCUT2D eigenvalue weighted by Crippen LogP contribution is -2.44. The number of likely N-dealkylation sites (N-methyl/N-ethyl adjacent to an activating group) is 1. The third kappa shape index (κ3) is 4.53. The lowest BCUT2D eigenvalue weighted by Gasteiger charge is -2.31. The zero-order chi connectivity index (χ0) is 22.7. The Morgan fingerprint density at radius 3 is 2.34 bits per heavy atom. The number of oxazole rings is 1. The Labute approximate surface area is 188 Å². The van der Waals surface area contributed by atoms with Crippen molar-refractivity contribution < 1.29 is 12.8 Å². The number of hydrogen-bond donors (Lipinski definition) is 0. The summed E-state index contributed by atoms with van der Waals surface area (Å²) in [4.78, 5) is 8.76. The van der Waals surface area contributed by atoms with Crippen LogP contribution in [0.15, 0.2) is 63.9 Å². The Kier molecular flexibility index (Phi) is 6.28. The van der Waals surface area contributed by atoms with E-state index >= 15 is 0 Å². The van der Waals surface area contributed by atoms with Gasteiger partial charge in [-0.2, -0.15) is 14.6 Å². The normalized spacial score (nSPS) is 15.1. The molecule has 0 saturated carbocycles. The summed E-state index contributed by atoms with van der Waals surface area (Å²) in [6, 6.07) is 17.9. The standard InChI is InChI=1S/C23H25N5O3S/c1-26-12-14-28(15-13-26)23-21(16-24)25-22(31-23)19-8-10-20(11-9-19)32(29,30)27(2)17-18-6-4-3-5-7-18/h3-11H,12-15,17H2,1-2H3. The number of nitrogens with zero attached hydrogens (tertiary/aromatic N) is 5. The fourth-order valence-corrected chi connectivity index (χ4v) is 4.77. The lowest BCUT2D eigenvalue weighted by atomic mass is 10.2. The second kappa shape index (κ2) is 9.12. The van der Waals surface area contributed by atoms with Gasteiger partial charge in [-0.05, 0) is 36.9 Å². The van der Waals surface area contributed by atoms with Gasteiger partial charge in [0.15, 0.2) is 0 Å². The molecule has 0 amide bonds. The van der Waals surface area contributed by atoms with Gasteiger partial charge < -0.3 is 14.2 Å². The topological polar surface area (TPSA) is 93.7 Å². The van der Waals surface area contributed by atoms with E-state index in [-0.39, 0.29) is 17.1 Å². The van der Waals surface area contributed by atoms with Crippen LogP contribution in [0, 0.1) is 11.3 Å². The highest BCUT2D eigenvalue weighted by atomic mass is 32.2. The summed E-state index contributed by atoms with van der Waals surface area (Å²) >= 11 is 0. The van der Waals surface area contributed by atoms with Gasteiger partial charge in [-0.15, -0.1) is 0 Å². The number of sulfonamides is 1. The van der Waals surface area contributed by atoms with E-state index in [0.29, 0.717) is 17.3 Å². The molecule has 32 heavy (non-hydrogen) atoms. The first kappa shape index (κ1) is 22.0. The molecule has 0 N–H and O–H groups in total. The number of aromatic nitrogens is 1. The zero-order valence-electron chi connectivity index (χ0n) is 18.1. The summed E-state index contributed by atoms with van der Waals surface area (Å²) < 4.78 is 33.2. The van der Waals surface area contributed by atoms with E-state index in [0.717, 1.165) is 31.7 Å². The van der Waals surface area contributed by atoms with Crippen molar-refractivity contribution in [2.45, 2.75) is 11.4 Å². The maximum Gasteiger partial charge on any atom is 0.243 e. The van der Waals surface area contributed by atoms with Crippen LogP contribution in [0.5, 0.6) is 0 Å². The first-order valence-electron chi connectivity index (χ1n) is 10.3. The molecule has 8 nitrogen and oxygen atoms in total. The van der Waals surface area contributed by atoms with Crippen molar-refractivity contribution >= 4 is 15.9 Å². The summed E-state index contributed by atoms with van der Waals surface area (Å²) in [5.41, 5.74) is 1.77. The van der Waals surface area contributed by atoms with Crippen LogP contribution in [-0.4, -0.2) is 62.9 Å². The lowest BCUT2D eigenvalue weighted by molar-refractivity contribution is 0.306. The van der Waals surface area contributed by atoms with Gasteiger partial charge in [0, 0.05) is 45.3 Å². The molecule has 0 spiro atoms. The minimum Gasteiger partial charge on any atom is -0.419 e. The molecule has 0 aliphatic carbocycles. The van der Waals surface area contributed by atoms with Gasteiger partial charge in [0.2, 0.25) is 27.5 Å². The maximum atomic E-state index is 13.0. The van der Waals surface area contributed by atoms with Gasteiger partial charge in [-0.3, -0.25) is 0 Å². The highest BCUT2D eigenvalue weighted by molar-refractivity contribution is 7.89. The molecule has 0 unspecified atom stereocenters. The van der Waals surface area contributed by atoms with Crippen LogP contribution in [0.3, 0.4) is 0 Å². The largest absolute Gasteiger partial charge is 0.419 e. The van der Waals surface area contributed by atoms with Gasteiger partial charge in [0.05, 0.1) is 4.90 Å². The summed E-state index contributed by atoms with van der Waals surface area (Å²) in [6.45, 7) is 3.55. The van der Waals surface area contributed by atoms with Gasteiger partial charge in [0.25, 0.3) is 0 Å². The van der Waals surface area contributed by atoms with E-state index in [4.69, 9.17) is 4.42 Å². The molecule has 1 aromatic heterocycles. The van der Waals surface area contributed by atoms with E-state index in [1.807, 2.05) is 35.2 Å². The molecule has 0 radical (unpaired) electrons. The van der Waals surface area contributed by atoms with Crippen molar-refractivity contribution in [1.82, 2.24) is 14.2 Å². The molecular formula is C23H25N5O3S. The van der Waals surface area contributed by atoms with Crippen LogP contribution in [0.4, 0.5) is 5.88 Å². The Morgan fingerprint density at radius 1 is 1.06 bits per heavy atom. The molecule has 1 aliphatic heterocycles. The molecule has 0 bridgehead atoms. The summed E-state index contributed by atoms with van der Waals surface area (Å²) in [7, 11) is -0.0309. The van der Waals surface area contributed by atoms with E-state index in [1.165, 1.54) is 16.4 Å². The van der Waals surface area contributed by atoms with Crippen molar-refractivity contribution in [1.29, 1.82) is 5.26 Å². The van der Waals surface area contributed by atoms with E-state index in [1.54, 1.807) is 19.2 Å². The van der Waals surface area contributed by atoms with Crippen LogP contribution in [0.25, 0.3) is 11.5 Å². The number of hydrogen-bond acceptors (Lipinski definition) is 7. The average Bonchev–Trinajstić information content (AvgIpc) is 3.25. The molecule has 2 aromatic carbocycles. The van der Waals surface area contributed by atoms with E-state index < -0.39 is 10.0 Å². The van der Waals surface area contributed by atoms with Gasteiger partial charge in [-0.1, -0.05) is 30.3 Å². The predicted molar refractivity (Wildman–Crippen MR) is 121 cm³/mol. The Hall–Kier alpha value is -3.19. The fraction of sp³-hybridized carbons (Fsp3) is 0.304. The van der Waals surface area contributed by atoms with Crippen LogP contribution in [0.1, 0.15) is 11.3 Å². The Bertz CT molecular complexity index is 1210. The number of nitriles is 1. The minimum absolute atomic E-state index is 0.186. The van der Waals surface area contributed by atoms with E-state index in [2.05, 4.69) is 23.0 Å². The third-order valence-corrected chi connectivity index (χ3v) is 7.38. The maximum absolute atomic E-state index is 13.0. The first-order valence-corrected chi connectivity index (χ1v) is 11.8. The number of anilines is 1. The van der Waals surface area contributed by atoms with Crippen molar-refractivity contribution in [2.24, 2.45) is 0 Å². The Balaban J connectivity index is 1.54. The highest BCUT2D eigenvalue weighted by Gasteiger charge is 2.24. The molecule has 3 aromatic rings.